The van der Waals surface area contributed by atoms with Gasteiger partial charge >= 0.3 is 0 Å². The van der Waals surface area contributed by atoms with Crippen molar-refractivity contribution < 1.29 is 20.4 Å². The van der Waals surface area contributed by atoms with Crippen LogP contribution in [0.25, 0.3) is 22.4 Å². The number of aromatic nitrogens is 2. The fourth-order valence-electron chi connectivity index (χ4n) is 2.65. The third-order valence-corrected chi connectivity index (χ3v) is 3.86. The molecule has 1 heterocycles. The second kappa shape index (κ2) is 5.72. The fraction of sp³-hybridized carbons (Fsp3) is 0.235. The maximum atomic E-state index is 10.2. The van der Waals surface area contributed by atoms with E-state index >= 15 is 0 Å². The first kappa shape index (κ1) is 15.0. The Kier molecular flexibility index (Phi) is 3.73. The van der Waals surface area contributed by atoms with Gasteiger partial charge in [-0.3, -0.25) is 0 Å². The van der Waals surface area contributed by atoms with Crippen molar-refractivity contribution in [3.63, 3.8) is 0 Å². The monoisotopic (exact) mass is 314 g/mol. The Hall–Kier alpha value is -2.89. The third-order valence-electron chi connectivity index (χ3n) is 3.86. The van der Waals surface area contributed by atoms with Crippen molar-refractivity contribution >= 4 is 11.0 Å². The van der Waals surface area contributed by atoms with Gasteiger partial charge < -0.3 is 25.0 Å². The van der Waals surface area contributed by atoms with Crippen molar-refractivity contribution in [3.8, 4) is 34.4 Å². The lowest BCUT2D eigenvalue weighted by molar-refractivity contribution is 0.349. The number of nitrogens with zero attached hydrogens (tertiary/aromatic N) is 2. The van der Waals surface area contributed by atoms with Gasteiger partial charge in [0.15, 0.2) is 11.5 Å². The lowest BCUT2D eigenvalue weighted by Crippen LogP contribution is -2.00. The maximum Gasteiger partial charge on any atom is 0.206 e. The highest BCUT2D eigenvalue weighted by molar-refractivity contribution is 5.95. The van der Waals surface area contributed by atoms with Gasteiger partial charge in [0.2, 0.25) is 11.5 Å². The Morgan fingerprint density at radius 2 is 1.57 bits per heavy atom. The van der Waals surface area contributed by atoms with E-state index in [1.807, 2.05) is 37.3 Å². The predicted octanol–water partition coefficient (Wildman–Crippen LogP) is 3.33. The van der Waals surface area contributed by atoms with E-state index in [9.17, 15) is 20.4 Å². The number of imidazole rings is 1. The zero-order valence-corrected chi connectivity index (χ0v) is 12.7. The molecule has 2 aromatic carbocycles. The highest BCUT2D eigenvalue weighted by Gasteiger charge is 2.25. The summed E-state index contributed by atoms with van der Waals surface area (Å²) in [5.41, 5.74) is 1.09. The number of hydrogen-bond donors (Lipinski definition) is 4. The van der Waals surface area contributed by atoms with Crippen molar-refractivity contribution in [2.75, 3.05) is 0 Å². The average Bonchev–Trinajstić information content (AvgIpc) is 2.96. The standard InChI is InChI=1S/C17H18N2O4/c1-2-3-9-19-12-11(13(20)15(22)16(23)14(12)21)18-17(19)10-7-5-4-6-8-10/h4-8,20-23H,2-3,9H2,1H3. The molecule has 0 atom stereocenters. The van der Waals surface area contributed by atoms with Crippen LogP contribution in [0.4, 0.5) is 0 Å². The van der Waals surface area contributed by atoms with Crippen molar-refractivity contribution in [1.29, 1.82) is 0 Å². The van der Waals surface area contributed by atoms with Gasteiger partial charge in [-0.1, -0.05) is 43.7 Å². The van der Waals surface area contributed by atoms with Gasteiger partial charge in [0.25, 0.3) is 0 Å². The van der Waals surface area contributed by atoms with Crippen LogP contribution in [0.15, 0.2) is 30.3 Å². The van der Waals surface area contributed by atoms with Crippen LogP contribution < -0.4 is 0 Å². The van der Waals surface area contributed by atoms with E-state index in [-0.39, 0.29) is 11.0 Å². The molecular weight excluding hydrogens is 296 g/mol. The zero-order valence-electron chi connectivity index (χ0n) is 12.7. The molecule has 0 spiro atoms. The van der Waals surface area contributed by atoms with Crippen LogP contribution in [0.2, 0.25) is 0 Å². The molecule has 0 amide bonds. The molecule has 0 fully saturated rings. The molecule has 3 rings (SSSR count). The molecule has 6 heteroatoms. The van der Waals surface area contributed by atoms with Crippen molar-refractivity contribution in [1.82, 2.24) is 9.55 Å². The molecule has 6 nitrogen and oxygen atoms in total. The van der Waals surface area contributed by atoms with Crippen LogP contribution in [-0.4, -0.2) is 30.0 Å². The number of benzene rings is 2. The first-order chi connectivity index (χ1) is 11.1. The molecule has 0 saturated heterocycles. The van der Waals surface area contributed by atoms with Gasteiger partial charge in [0, 0.05) is 12.1 Å². The topological polar surface area (TPSA) is 98.7 Å². The zero-order chi connectivity index (χ0) is 16.6. The van der Waals surface area contributed by atoms with Crippen LogP contribution in [0.5, 0.6) is 23.0 Å². The molecule has 0 saturated carbocycles. The number of rotatable bonds is 4. The Bertz CT molecular complexity index is 856. The highest BCUT2D eigenvalue weighted by atomic mass is 16.3. The highest BCUT2D eigenvalue weighted by Crippen LogP contribution is 2.49. The molecule has 0 aliphatic rings. The lowest BCUT2D eigenvalue weighted by atomic mass is 10.2. The summed E-state index contributed by atoms with van der Waals surface area (Å²) < 4.78 is 1.75. The number of hydrogen-bond acceptors (Lipinski definition) is 5. The minimum atomic E-state index is -0.769. The van der Waals surface area contributed by atoms with Crippen LogP contribution in [0.3, 0.4) is 0 Å². The summed E-state index contributed by atoms with van der Waals surface area (Å²) in [6.45, 7) is 2.61. The van der Waals surface area contributed by atoms with Crippen LogP contribution in [-0.2, 0) is 6.54 Å². The van der Waals surface area contributed by atoms with Crippen LogP contribution in [0, 0.1) is 0 Å². The van der Waals surface area contributed by atoms with E-state index in [1.165, 1.54) is 0 Å². The maximum absolute atomic E-state index is 10.2. The largest absolute Gasteiger partial charge is 0.503 e. The molecule has 0 aliphatic heterocycles. The Balaban J connectivity index is 2.36. The van der Waals surface area contributed by atoms with E-state index < -0.39 is 23.0 Å². The van der Waals surface area contributed by atoms with Gasteiger partial charge in [-0.2, -0.15) is 0 Å². The summed E-state index contributed by atoms with van der Waals surface area (Å²) in [4.78, 5) is 4.38. The average molecular weight is 314 g/mol. The number of phenols is 4. The third kappa shape index (κ3) is 2.32. The van der Waals surface area contributed by atoms with Crippen molar-refractivity contribution in [3.05, 3.63) is 30.3 Å². The van der Waals surface area contributed by atoms with Crippen LogP contribution >= 0.6 is 0 Å². The Labute approximate surface area is 132 Å². The van der Waals surface area contributed by atoms with Crippen molar-refractivity contribution in [2.45, 2.75) is 26.3 Å². The van der Waals surface area contributed by atoms with E-state index in [2.05, 4.69) is 4.98 Å². The summed E-state index contributed by atoms with van der Waals surface area (Å²) in [5, 5.41) is 39.8. The second-order valence-corrected chi connectivity index (χ2v) is 5.40. The van der Waals surface area contributed by atoms with Gasteiger partial charge in [-0.15, -0.1) is 0 Å². The summed E-state index contributed by atoms with van der Waals surface area (Å²) in [7, 11) is 0. The quantitative estimate of drug-likeness (QED) is 0.437. The lowest BCUT2D eigenvalue weighted by Gasteiger charge is -2.10. The Morgan fingerprint density at radius 3 is 2.22 bits per heavy atom. The van der Waals surface area contributed by atoms with E-state index in [1.54, 1.807) is 4.57 Å². The summed E-state index contributed by atoms with van der Waals surface area (Å²) in [6.07, 6.45) is 1.78. The molecule has 0 bridgehead atoms. The molecule has 120 valence electrons. The summed E-state index contributed by atoms with van der Waals surface area (Å²) in [5.74, 6) is -1.98. The second-order valence-electron chi connectivity index (χ2n) is 5.40. The minimum absolute atomic E-state index is 0.0627. The van der Waals surface area contributed by atoms with Gasteiger partial charge in [0.05, 0.1) is 0 Å². The number of fused-ring (bicyclic) bond motifs is 1. The molecule has 23 heavy (non-hydrogen) atoms. The number of unbranched alkanes of at least 4 members (excludes halogenated alkanes) is 1. The number of phenolic OH excluding ortho intramolecular Hbond substituents is 4. The molecular formula is C17H18N2O4. The first-order valence-corrected chi connectivity index (χ1v) is 7.47. The molecule has 0 unspecified atom stereocenters. The molecule has 0 aliphatic carbocycles. The first-order valence-electron chi connectivity index (χ1n) is 7.47. The van der Waals surface area contributed by atoms with Crippen LogP contribution in [0.1, 0.15) is 19.8 Å². The normalized spacial score (nSPS) is 11.2. The van der Waals surface area contributed by atoms with E-state index in [0.717, 1.165) is 18.4 Å². The Morgan fingerprint density at radius 1 is 0.913 bits per heavy atom. The van der Waals surface area contributed by atoms with Gasteiger partial charge in [-0.05, 0) is 6.42 Å². The molecule has 4 N–H and O–H groups in total. The molecule has 3 aromatic rings. The summed E-state index contributed by atoms with van der Waals surface area (Å²) >= 11 is 0. The predicted molar refractivity (Wildman–Crippen MR) is 86.7 cm³/mol. The fourth-order valence-corrected chi connectivity index (χ4v) is 2.65. The van der Waals surface area contributed by atoms with Gasteiger partial charge in [0.1, 0.15) is 16.9 Å². The number of aromatic hydroxyl groups is 4. The van der Waals surface area contributed by atoms with E-state index in [4.69, 9.17) is 0 Å². The van der Waals surface area contributed by atoms with Crippen molar-refractivity contribution in [2.24, 2.45) is 0 Å². The SMILES string of the molecule is CCCCn1c(-c2ccccc2)nc2c(O)c(O)c(O)c(O)c21. The van der Waals surface area contributed by atoms with Gasteiger partial charge in [-0.25, -0.2) is 4.98 Å². The number of aryl methyl sites for hydroxylation is 1. The molecule has 0 radical (unpaired) electrons. The summed E-state index contributed by atoms with van der Waals surface area (Å²) in [6, 6.07) is 9.37. The smallest absolute Gasteiger partial charge is 0.206 e. The van der Waals surface area contributed by atoms with E-state index in [0.29, 0.717) is 12.4 Å². The molecule has 1 aromatic heterocycles. The minimum Gasteiger partial charge on any atom is -0.503 e.